The molecule has 0 radical (unpaired) electrons. The summed E-state index contributed by atoms with van der Waals surface area (Å²) in [4.78, 5) is 33.9. The highest BCUT2D eigenvalue weighted by atomic mass is 32.2. The fraction of sp³-hybridized carbons (Fsp3) is 0.160. The van der Waals surface area contributed by atoms with Gasteiger partial charge in [-0.3, -0.25) is 18.9 Å². The number of fused-ring (bicyclic) bond motifs is 1. The van der Waals surface area contributed by atoms with Crippen molar-refractivity contribution < 1.29 is 4.79 Å². The van der Waals surface area contributed by atoms with Crippen LogP contribution in [-0.4, -0.2) is 38.0 Å². The number of likely N-dealkylation sites (tertiary alicyclic amines) is 1. The van der Waals surface area contributed by atoms with Gasteiger partial charge in [0.25, 0.3) is 0 Å². The first kappa shape index (κ1) is 20.3. The smallest absolute Gasteiger partial charge is 0.334 e. The van der Waals surface area contributed by atoms with Crippen LogP contribution in [0.3, 0.4) is 0 Å². The molecule has 0 N–H and O–H groups in total. The van der Waals surface area contributed by atoms with E-state index in [4.69, 9.17) is 0 Å². The van der Waals surface area contributed by atoms with Crippen molar-refractivity contribution in [3.63, 3.8) is 0 Å². The number of nitrogens with zero attached hydrogens (tertiary/aromatic N) is 4. The zero-order valence-electron chi connectivity index (χ0n) is 17.4. The number of benzene rings is 2. The van der Waals surface area contributed by atoms with Gasteiger partial charge in [-0.1, -0.05) is 36.5 Å². The van der Waals surface area contributed by atoms with Crippen LogP contribution in [0.4, 0.5) is 0 Å². The van der Waals surface area contributed by atoms with Crippen LogP contribution < -0.4 is 5.69 Å². The third-order valence-electron chi connectivity index (χ3n) is 5.76. The lowest BCUT2D eigenvalue weighted by atomic mass is 10.2. The number of carbonyl (C=O) groups excluding carboxylic acids is 1. The van der Waals surface area contributed by atoms with E-state index in [-0.39, 0.29) is 17.6 Å². The first-order valence-corrected chi connectivity index (χ1v) is 11.3. The SMILES string of the molecule is C=CC(=O)N1CCC(n2c(=O)n(-c3ccc(Sc4ccccc4)cc3)c3cnccc32)C1. The van der Waals surface area contributed by atoms with Gasteiger partial charge in [0.05, 0.1) is 29.0 Å². The Bertz CT molecular complexity index is 1340. The molecule has 4 aromatic rings. The molecular weight excluding hydrogens is 420 g/mol. The van der Waals surface area contributed by atoms with Gasteiger partial charge in [0.2, 0.25) is 5.91 Å². The van der Waals surface area contributed by atoms with Crippen molar-refractivity contribution in [2.75, 3.05) is 13.1 Å². The van der Waals surface area contributed by atoms with Gasteiger partial charge in [-0.25, -0.2) is 4.79 Å². The number of hydrogen-bond acceptors (Lipinski definition) is 4. The number of rotatable bonds is 5. The maximum absolute atomic E-state index is 13.6. The van der Waals surface area contributed by atoms with Gasteiger partial charge < -0.3 is 4.90 Å². The van der Waals surface area contributed by atoms with Gasteiger partial charge in [0, 0.05) is 29.1 Å². The number of imidazole rings is 1. The summed E-state index contributed by atoms with van der Waals surface area (Å²) in [6.45, 7) is 4.69. The first-order chi connectivity index (χ1) is 15.7. The molecule has 1 aliphatic rings. The fourth-order valence-corrected chi connectivity index (χ4v) is 5.08. The summed E-state index contributed by atoms with van der Waals surface area (Å²) < 4.78 is 3.51. The Morgan fingerprint density at radius 1 is 1.03 bits per heavy atom. The summed E-state index contributed by atoms with van der Waals surface area (Å²) in [6, 6.07) is 20.0. The summed E-state index contributed by atoms with van der Waals surface area (Å²) in [6.07, 6.45) is 5.48. The number of aromatic nitrogens is 3. The summed E-state index contributed by atoms with van der Waals surface area (Å²) >= 11 is 1.68. The molecule has 2 aromatic carbocycles. The summed E-state index contributed by atoms with van der Waals surface area (Å²) in [5, 5.41) is 0. The Hall–Kier alpha value is -3.58. The van der Waals surface area contributed by atoms with E-state index in [1.54, 1.807) is 38.2 Å². The molecule has 1 aliphatic heterocycles. The average Bonchev–Trinajstić information content (AvgIpc) is 3.42. The number of hydrogen-bond donors (Lipinski definition) is 0. The molecule has 0 aliphatic carbocycles. The standard InChI is InChI=1S/C25H22N4O2S/c1-2-24(30)27-15-13-19(17-27)29-22-12-14-26-16-23(22)28(25(29)31)18-8-10-21(11-9-18)32-20-6-4-3-5-7-20/h2-12,14,16,19H,1,13,15,17H2. The van der Waals surface area contributed by atoms with Crippen molar-refractivity contribution in [2.24, 2.45) is 0 Å². The van der Waals surface area contributed by atoms with Crippen LogP contribution in [0.5, 0.6) is 0 Å². The van der Waals surface area contributed by atoms with Gasteiger partial charge in [-0.2, -0.15) is 0 Å². The van der Waals surface area contributed by atoms with E-state index in [2.05, 4.69) is 23.7 Å². The van der Waals surface area contributed by atoms with Crippen LogP contribution in [0.15, 0.2) is 100 Å². The lowest BCUT2D eigenvalue weighted by molar-refractivity contribution is -0.125. The molecule has 1 amide bonds. The molecule has 7 heteroatoms. The van der Waals surface area contributed by atoms with Crippen LogP contribution in [0.1, 0.15) is 12.5 Å². The Morgan fingerprint density at radius 2 is 1.78 bits per heavy atom. The minimum absolute atomic E-state index is 0.0783. The van der Waals surface area contributed by atoms with Gasteiger partial charge in [0.1, 0.15) is 0 Å². The molecular formula is C25H22N4O2S. The summed E-state index contributed by atoms with van der Waals surface area (Å²) in [5.74, 6) is -0.0996. The highest BCUT2D eigenvalue weighted by Gasteiger charge is 2.29. The van der Waals surface area contributed by atoms with Crippen LogP contribution >= 0.6 is 11.8 Å². The molecule has 0 saturated carbocycles. The van der Waals surface area contributed by atoms with E-state index in [0.29, 0.717) is 13.1 Å². The predicted molar refractivity (Wildman–Crippen MR) is 126 cm³/mol. The predicted octanol–water partition coefficient (Wildman–Crippen LogP) is 4.30. The third-order valence-corrected chi connectivity index (χ3v) is 6.78. The molecule has 5 rings (SSSR count). The van der Waals surface area contributed by atoms with E-state index < -0.39 is 0 Å². The Balaban J connectivity index is 1.51. The molecule has 1 fully saturated rings. The second-order valence-corrected chi connectivity index (χ2v) is 8.84. The van der Waals surface area contributed by atoms with Crippen molar-refractivity contribution >= 4 is 28.7 Å². The molecule has 6 nitrogen and oxygen atoms in total. The van der Waals surface area contributed by atoms with Crippen molar-refractivity contribution in [1.29, 1.82) is 0 Å². The van der Waals surface area contributed by atoms with Gasteiger partial charge in [-0.15, -0.1) is 0 Å². The fourth-order valence-electron chi connectivity index (χ4n) is 4.24. The van der Waals surface area contributed by atoms with Crippen molar-refractivity contribution in [3.8, 4) is 5.69 Å². The quantitative estimate of drug-likeness (QED) is 0.433. The topological polar surface area (TPSA) is 60.1 Å². The third kappa shape index (κ3) is 3.65. The molecule has 3 heterocycles. The van der Waals surface area contributed by atoms with Gasteiger partial charge in [0.15, 0.2) is 0 Å². The highest BCUT2D eigenvalue weighted by molar-refractivity contribution is 7.99. The highest BCUT2D eigenvalue weighted by Crippen LogP contribution is 2.29. The van der Waals surface area contributed by atoms with Gasteiger partial charge in [-0.05, 0) is 55.0 Å². The minimum atomic E-state index is -0.116. The van der Waals surface area contributed by atoms with Crippen molar-refractivity contribution in [2.45, 2.75) is 22.3 Å². The monoisotopic (exact) mass is 442 g/mol. The van der Waals surface area contributed by atoms with Crippen LogP contribution in [-0.2, 0) is 4.79 Å². The van der Waals surface area contributed by atoms with E-state index in [0.717, 1.165) is 32.9 Å². The lowest BCUT2D eigenvalue weighted by Gasteiger charge is -2.15. The molecule has 0 bridgehead atoms. The van der Waals surface area contributed by atoms with E-state index in [1.807, 2.05) is 48.5 Å². The number of pyridine rings is 1. The second kappa shape index (κ2) is 8.51. The molecule has 1 saturated heterocycles. The maximum atomic E-state index is 13.6. The number of carbonyl (C=O) groups is 1. The van der Waals surface area contributed by atoms with Crippen LogP contribution in [0.2, 0.25) is 0 Å². The van der Waals surface area contributed by atoms with Crippen molar-refractivity contribution in [3.05, 3.63) is 96.2 Å². The Kier molecular flexibility index (Phi) is 5.41. The number of amides is 1. The zero-order chi connectivity index (χ0) is 22.1. The molecule has 1 unspecified atom stereocenters. The van der Waals surface area contributed by atoms with Crippen molar-refractivity contribution in [1.82, 2.24) is 19.0 Å². The van der Waals surface area contributed by atoms with E-state index in [1.165, 1.54) is 6.08 Å². The zero-order valence-corrected chi connectivity index (χ0v) is 18.2. The lowest BCUT2D eigenvalue weighted by Crippen LogP contribution is -2.31. The van der Waals surface area contributed by atoms with Crippen LogP contribution in [0, 0.1) is 0 Å². The summed E-state index contributed by atoms with van der Waals surface area (Å²) in [7, 11) is 0. The normalized spacial score (nSPS) is 15.9. The average molecular weight is 443 g/mol. The molecule has 1 atom stereocenters. The summed E-state index contributed by atoms with van der Waals surface area (Å²) in [5.41, 5.74) is 2.26. The maximum Gasteiger partial charge on any atom is 0.334 e. The minimum Gasteiger partial charge on any atom is -0.337 e. The van der Waals surface area contributed by atoms with Gasteiger partial charge >= 0.3 is 5.69 Å². The largest absolute Gasteiger partial charge is 0.337 e. The Labute approximate surface area is 189 Å². The molecule has 2 aromatic heterocycles. The Morgan fingerprint density at radius 3 is 2.53 bits per heavy atom. The van der Waals surface area contributed by atoms with E-state index in [9.17, 15) is 9.59 Å². The molecule has 160 valence electrons. The van der Waals surface area contributed by atoms with Crippen LogP contribution in [0.25, 0.3) is 16.7 Å². The van der Waals surface area contributed by atoms with E-state index >= 15 is 0 Å². The first-order valence-electron chi connectivity index (χ1n) is 10.5. The molecule has 32 heavy (non-hydrogen) atoms. The molecule has 0 spiro atoms. The second-order valence-electron chi connectivity index (χ2n) is 7.69.